The van der Waals surface area contributed by atoms with Gasteiger partial charge in [-0.2, -0.15) is 17.0 Å². The van der Waals surface area contributed by atoms with E-state index in [1.807, 2.05) is 13.8 Å². The molecule has 24 heavy (non-hydrogen) atoms. The number of piperidine rings is 1. The van der Waals surface area contributed by atoms with E-state index in [1.165, 1.54) is 6.33 Å². The SMILES string of the molecule is Cc1ncnc(OCC2CCN(S(=O)(=O)N3CCCC3)CC2)c1C. The maximum atomic E-state index is 12.6. The monoisotopic (exact) mass is 354 g/mol. The second-order valence-corrected chi connectivity index (χ2v) is 8.59. The predicted octanol–water partition coefficient (Wildman–Crippen LogP) is 1.52. The van der Waals surface area contributed by atoms with Crippen LogP contribution in [0.3, 0.4) is 0 Å². The second-order valence-electron chi connectivity index (χ2n) is 6.66. The van der Waals surface area contributed by atoms with Crippen molar-refractivity contribution >= 4 is 10.2 Å². The predicted molar refractivity (Wildman–Crippen MR) is 91.0 cm³/mol. The van der Waals surface area contributed by atoms with Crippen LogP contribution in [0.15, 0.2) is 6.33 Å². The van der Waals surface area contributed by atoms with Crippen molar-refractivity contribution in [2.24, 2.45) is 5.92 Å². The van der Waals surface area contributed by atoms with Gasteiger partial charge in [0.15, 0.2) is 0 Å². The van der Waals surface area contributed by atoms with Crippen molar-refractivity contribution in [3.8, 4) is 5.88 Å². The zero-order valence-corrected chi connectivity index (χ0v) is 15.3. The highest BCUT2D eigenvalue weighted by Crippen LogP contribution is 2.25. The van der Waals surface area contributed by atoms with Crippen LogP contribution in [-0.4, -0.2) is 59.8 Å². The molecular formula is C16H26N4O3S. The summed E-state index contributed by atoms with van der Waals surface area (Å²) in [5, 5.41) is 0. The number of hydrogen-bond acceptors (Lipinski definition) is 5. The Hall–Kier alpha value is -1.25. The molecule has 134 valence electrons. The highest BCUT2D eigenvalue weighted by molar-refractivity contribution is 7.86. The molecule has 2 saturated heterocycles. The fourth-order valence-electron chi connectivity index (χ4n) is 3.25. The third-order valence-corrected chi connectivity index (χ3v) is 7.07. The van der Waals surface area contributed by atoms with E-state index in [9.17, 15) is 8.42 Å². The standard InChI is InChI=1S/C16H26N4O3S/c1-13-14(2)17-12-18-16(13)23-11-15-5-9-20(10-6-15)24(21,22)19-7-3-4-8-19/h12,15H,3-11H2,1-2H3. The number of hydrogen-bond donors (Lipinski definition) is 0. The Morgan fingerprint density at radius 3 is 2.38 bits per heavy atom. The molecule has 0 aliphatic carbocycles. The van der Waals surface area contributed by atoms with Crippen molar-refractivity contribution < 1.29 is 13.2 Å². The van der Waals surface area contributed by atoms with E-state index in [2.05, 4.69) is 9.97 Å². The molecule has 0 atom stereocenters. The molecule has 0 unspecified atom stereocenters. The van der Waals surface area contributed by atoms with Gasteiger partial charge in [0.05, 0.1) is 6.61 Å². The average molecular weight is 354 g/mol. The van der Waals surface area contributed by atoms with E-state index in [1.54, 1.807) is 8.61 Å². The molecule has 0 saturated carbocycles. The summed E-state index contributed by atoms with van der Waals surface area (Å²) in [7, 11) is -3.26. The van der Waals surface area contributed by atoms with Crippen LogP contribution in [0.25, 0.3) is 0 Å². The minimum absolute atomic E-state index is 0.365. The van der Waals surface area contributed by atoms with Crippen LogP contribution in [0.4, 0.5) is 0 Å². The Morgan fingerprint density at radius 2 is 1.71 bits per heavy atom. The third kappa shape index (κ3) is 3.70. The Morgan fingerprint density at radius 1 is 1.08 bits per heavy atom. The van der Waals surface area contributed by atoms with Crippen molar-refractivity contribution in [1.82, 2.24) is 18.6 Å². The van der Waals surface area contributed by atoms with Gasteiger partial charge in [0, 0.05) is 37.4 Å². The van der Waals surface area contributed by atoms with Crippen LogP contribution in [0.5, 0.6) is 5.88 Å². The van der Waals surface area contributed by atoms with Gasteiger partial charge in [-0.25, -0.2) is 9.97 Å². The van der Waals surface area contributed by atoms with E-state index in [0.29, 0.717) is 44.6 Å². The summed E-state index contributed by atoms with van der Waals surface area (Å²) in [6.07, 6.45) is 5.12. The van der Waals surface area contributed by atoms with Gasteiger partial charge in [-0.1, -0.05) is 0 Å². The zero-order chi connectivity index (χ0) is 17.2. The molecule has 2 aliphatic heterocycles. The molecule has 1 aromatic rings. The van der Waals surface area contributed by atoms with Crippen LogP contribution < -0.4 is 4.74 Å². The van der Waals surface area contributed by atoms with Crippen LogP contribution in [0, 0.1) is 19.8 Å². The smallest absolute Gasteiger partial charge is 0.281 e. The minimum atomic E-state index is -3.26. The van der Waals surface area contributed by atoms with Gasteiger partial charge in [-0.3, -0.25) is 0 Å². The van der Waals surface area contributed by atoms with Crippen molar-refractivity contribution in [2.75, 3.05) is 32.8 Å². The van der Waals surface area contributed by atoms with Crippen molar-refractivity contribution in [1.29, 1.82) is 0 Å². The molecule has 0 aromatic carbocycles. The molecule has 8 heteroatoms. The highest BCUT2D eigenvalue weighted by atomic mass is 32.2. The van der Waals surface area contributed by atoms with Gasteiger partial charge in [0.25, 0.3) is 10.2 Å². The molecule has 2 aliphatic rings. The van der Waals surface area contributed by atoms with Gasteiger partial charge >= 0.3 is 0 Å². The van der Waals surface area contributed by atoms with Crippen LogP contribution in [0.2, 0.25) is 0 Å². The first-order valence-corrected chi connectivity index (χ1v) is 10.0. The summed E-state index contributed by atoms with van der Waals surface area (Å²) in [5.74, 6) is 0.999. The quantitative estimate of drug-likeness (QED) is 0.801. The summed E-state index contributed by atoms with van der Waals surface area (Å²) in [4.78, 5) is 8.32. The molecule has 1 aromatic heterocycles. The van der Waals surface area contributed by atoms with Crippen LogP contribution in [-0.2, 0) is 10.2 Å². The Bertz CT molecular complexity index is 666. The maximum absolute atomic E-state index is 12.6. The topological polar surface area (TPSA) is 75.6 Å². The number of nitrogens with zero attached hydrogens (tertiary/aromatic N) is 4. The summed E-state index contributed by atoms with van der Waals surface area (Å²) in [5.41, 5.74) is 1.89. The first-order valence-electron chi connectivity index (χ1n) is 8.64. The number of ether oxygens (including phenoxy) is 1. The van der Waals surface area contributed by atoms with E-state index < -0.39 is 10.2 Å². The lowest BCUT2D eigenvalue weighted by atomic mass is 9.99. The molecular weight excluding hydrogens is 328 g/mol. The number of aryl methyl sites for hydroxylation is 1. The van der Waals surface area contributed by atoms with E-state index in [-0.39, 0.29) is 0 Å². The fraction of sp³-hybridized carbons (Fsp3) is 0.750. The molecule has 0 N–H and O–H groups in total. The maximum Gasteiger partial charge on any atom is 0.281 e. The third-order valence-electron chi connectivity index (χ3n) is 5.04. The van der Waals surface area contributed by atoms with Crippen molar-refractivity contribution in [2.45, 2.75) is 39.5 Å². The molecule has 2 fully saturated rings. The number of aromatic nitrogens is 2. The summed E-state index contributed by atoms with van der Waals surface area (Å²) >= 11 is 0. The van der Waals surface area contributed by atoms with Crippen molar-refractivity contribution in [3.05, 3.63) is 17.6 Å². The largest absolute Gasteiger partial charge is 0.477 e. The van der Waals surface area contributed by atoms with Gasteiger partial charge in [-0.05, 0) is 45.4 Å². The van der Waals surface area contributed by atoms with E-state index >= 15 is 0 Å². The molecule has 7 nitrogen and oxygen atoms in total. The molecule has 0 amide bonds. The normalized spacial score (nSPS) is 21.2. The van der Waals surface area contributed by atoms with Crippen molar-refractivity contribution in [3.63, 3.8) is 0 Å². The van der Waals surface area contributed by atoms with Gasteiger partial charge in [0.1, 0.15) is 6.33 Å². The molecule has 0 spiro atoms. The summed E-state index contributed by atoms with van der Waals surface area (Å²) in [6.45, 7) is 6.95. The highest BCUT2D eigenvalue weighted by Gasteiger charge is 2.34. The first kappa shape index (κ1) is 17.6. The first-order chi connectivity index (χ1) is 11.5. The molecule has 0 bridgehead atoms. The summed E-state index contributed by atoms with van der Waals surface area (Å²) in [6, 6.07) is 0. The van der Waals surface area contributed by atoms with Crippen LogP contribution in [0.1, 0.15) is 36.9 Å². The second kappa shape index (κ2) is 7.33. The Balaban J connectivity index is 1.51. The lowest BCUT2D eigenvalue weighted by Gasteiger charge is -2.33. The average Bonchev–Trinajstić information content (AvgIpc) is 3.12. The minimum Gasteiger partial charge on any atom is -0.477 e. The zero-order valence-electron chi connectivity index (χ0n) is 14.4. The lowest BCUT2D eigenvalue weighted by Crippen LogP contribution is -2.46. The summed E-state index contributed by atoms with van der Waals surface area (Å²) < 4.78 is 34.2. The lowest BCUT2D eigenvalue weighted by molar-refractivity contribution is 0.176. The van der Waals surface area contributed by atoms with Crippen LogP contribution >= 0.6 is 0 Å². The van der Waals surface area contributed by atoms with E-state index in [0.717, 1.165) is 36.9 Å². The number of rotatable bonds is 5. The Labute approximate surface area is 144 Å². The van der Waals surface area contributed by atoms with Gasteiger partial charge in [0.2, 0.25) is 5.88 Å². The molecule has 3 heterocycles. The molecule has 0 radical (unpaired) electrons. The fourth-order valence-corrected chi connectivity index (χ4v) is 4.97. The van der Waals surface area contributed by atoms with Gasteiger partial charge < -0.3 is 4.74 Å². The van der Waals surface area contributed by atoms with Gasteiger partial charge in [-0.15, -0.1) is 0 Å². The molecule has 3 rings (SSSR count). The Kier molecular flexibility index (Phi) is 5.36. The van der Waals surface area contributed by atoms with E-state index in [4.69, 9.17) is 4.74 Å².